The van der Waals surface area contributed by atoms with Gasteiger partial charge < -0.3 is 25.1 Å². The molecule has 1 aliphatic heterocycles. The van der Waals surface area contributed by atoms with Crippen molar-refractivity contribution >= 4 is 23.4 Å². The number of amides is 2. The molecule has 3 aromatic rings. The van der Waals surface area contributed by atoms with Crippen molar-refractivity contribution in [2.75, 3.05) is 49.6 Å². The number of rotatable bonds is 10. The molecule has 33 heavy (non-hydrogen) atoms. The maximum Gasteiger partial charge on any atom is 0.324 e. The highest BCUT2D eigenvalue weighted by molar-refractivity contribution is 5.94. The molecule has 1 aliphatic rings. The lowest BCUT2D eigenvalue weighted by Gasteiger charge is -2.18. The average molecular weight is 450 g/mol. The van der Waals surface area contributed by atoms with Gasteiger partial charge in [-0.25, -0.2) is 9.78 Å². The van der Waals surface area contributed by atoms with Crippen LogP contribution in [0.1, 0.15) is 18.1 Å². The Hall–Kier alpha value is -3.36. The lowest BCUT2D eigenvalue weighted by atomic mass is 10.1. The number of ether oxygens (including phenoxy) is 1. The van der Waals surface area contributed by atoms with E-state index < -0.39 is 0 Å². The largest absolute Gasteiger partial charge is 0.423 e. The molecule has 8 heteroatoms. The number of aryl methyl sites for hydroxylation is 1. The van der Waals surface area contributed by atoms with Crippen LogP contribution >= 0.6 is 0 Å². The highest BCUT2D eigenvalue weighted by Gasteiger charge is 2.28. The Labute approximate surface area is 194 Å². The average Bonchev–Trinajstić information content (AvgIpc) is 3.43. The van der Waals surface area contributed by atoms with Crippen LogP contribution in [0.15, 0.2) is 53.1 Å². The van der Waals surface area contributed by atoms with Gasteiger partial charge in [-0.15, -0.1) is 0 Å². The first-order valence-corrected chi connectivity index (χ1v) is 11.4. The van der Waals surface area contributed by atoms with Crippen LogP contribution in [0.25, 0.3) is 11.3 Å². The molecular formula is C25H31N5O3. The van der Waals surface area contributed by atoms with Crippen LogP contribution in [0.3, 0.4) is 0 Å². The second-order valence-corrected chi connectivity index (χ2v) is 8.01. The van der Waals surface area contributed by atoms with E-state index >= 15 is 0 Å². The van der Waals surface area contributed by atoms with Crippen LogP contribution in [0, 0.1) is 6.92 Å². The third kappa shape index (κ3) is 5.35. The lowest BCUT2D eigenvalue weighted by molar-refractivity contribution is 0.151. The first-order valence-electron chi connectivity index (χ1n) is 11.4. The van der Waals surface area contributed by atoms with Gasteiger partial charge >= 0.3 is 6.03 Å². The van der Waals surface area contributed by atoms with Crippen molar-refractivity contribution in [1.82, 2.24) is 9.88 Å². The zero-order valence-corrected chi connectivity index (χ0v) is 19.2. The van der Waals surface area contributed by atoms with E-state index in [2.05, 4.69) is 28.5 Å². The quantitative estimate of drug-likeness (QED) is 0.451. The molecule has 174 valence electrons. The molecule has 0 aliphatic carbocycles. The molecule has 8 nitrogen and oxygen atoms in total. The topological polar surface area (TPSA) is 96.9 Å². The SMILES string of the molecule is CCOCCc1ccc(C)c(Nc2ncc(-c3ccc(N4CCN(CCN)C4=O)cc3)o2)c1. The van der Waals surface area contributed by atoms with Crippen LogP contribution in [0.2, 0.25) is 0 Å². The number of oxazole rings is 1. The summed E-state index contributed by atoms with van der Waals surface area (Å²) in [7, 11) is 0. The summed E-state index contributed by atoms with van der Waals surface area (Å²) in [5.41, 5.74) is 10.6. The van der Waals surface area contributed by atoms with Crippen LogP contribution in [0.5, 0.6) is 0 Å². The molecule has 4 rings (SSSR count). The minimum absolute atomic E-state index is 0.00166. The molecule has 0 spiro atoms. The van der Waals surface area contributed by atoms with E-state index in [9.17, 15) is 4.79 Å². The Morgan fingerprint density at radius 2 is 2.00 bits per heavy atom. The predicted molar refractivity (Wildman–Crippen MR) is 130 cm³/mol. The van der Waals surface area contributed by atoms with Crippen molar-refractivity contribution in [2.45, 2.75) is 20.3 Å². The van der Waals surface area contributed by atoms with Gasteiger partial charge in [0.05, 0.1) is 12.8 Å². The van der Waals surface area contributed by atoms with E-state index in [0.717, 1.165) is 35.5 Å². The molecule has 0 unspecified atom stereocenters. The molecule has 2 aromatic carbocycles. The smallest absolute Gasteiger partial charge is 0.324 e. The Morgan fingerprint density at radius 1 is 1.18 bits per heavy atom. The van der Waals surface area contributed by atoms with Crippen LogP contribution in [-0.2, 0) is 11.2 Å². The molecule has 2 amide bonds. The summed E-state index contributed by atoms with van der Waals surface area (Å²) < 4.78 is 11.4. The van der Waals surface area contributed by atoms with Crippen molar-refractivity contribution in [3.63, 3.8) is 0 Å². The van der Waals surface area contributed by atoms with Crippen LogP contribution in [0.4, 0.5) is 22.2 Å². The minimum atomic E-state index is -0.00166. The zero-order chi connectivity index (χ0) is 23.2. The van der Waals surface area contributed by atoms with Crippen LogP contribution < -0.4 is 16.0 Å². The summed E-state index contributed by atoms with van der Waals surface area (Å²) in [6.45, 7) is 7.88. The van der Waals surface area contributed by atoms with Gasteiger partial charge in [0.1, 0.15) is 0 Å². The molecule has 0 radical (unpaired) electrons. The number of nitrogens with zero attached hydrogens (tertiary/aromatic N) is 3. The van der Waals surface area contributed by atoms with Gasteiger partial charge in [0.25, 0.3) is 6.01 Å². The Kier molecular flexibility index (Phi) is 7.26. The molecule has 1 saturated heterocycles. The molecule has 0 atom stereocenters. The number of nitrogens with one attached hydrogen (secondary N) is 1. The normalized spacial score (nSPS) is 13.7. The number of hydrogen-bond acceptors (Lipinski definition) is 6. The van der Waals surface area contributed by atoms with Gasteiger partial charge in [0.15, 0.2) is 5.76 Å². The maximum absolute atomic E-state index is 12.5. The zero-order valence-electron chi connectivity index (χ0n) is 19.2. The van der Waals surface area contributed by atoms with Crippen molar-refractivity contribution in [1.29, 1.82) is 0 Å². The predicted octanol–water partition coefficient (Wildman–Crippen LogP) is 4.17. The molecule has 1 fully saturated rings. The highest BCUT2D eigenvalue weighted by Crippen LogP contribution is 2.29. The fraction of sp³-hybridized carbons (Fsp3) is 0.360. The number of carbonyl (C=O) groups is 1. The number of aromatic nitrogens is 1. The fourth-order valence-electron chi connectivity index (χ4n) is 3.87. The molecule has 1 aromatic heterocycles. The molecular weight excluding hydrogens is 418 g/mol. The Morgan fingerprint density at radius 3 is 2.76 bits per heavy atom. The van der Waals surface area contributed by atoms with Gasteiger partial charge in [-0.3, -0.25) is 4.90 Å². The molecule has 0 saturated carbocycles. The highest BCUT2D eigenvalue weighted by atomic mass is 16.5. The Balaban J connectivity index is 1.43. The fourth-order valence-corrected chi connectivity index (χ4v) is 3.87. The van der Waals surface area contributed by atoms with Gasteiger partial charge in [-0.05, 0) is 61.7 Å². The van der Waals surface area contributed by atoms with Crippen molar-refractivity contribution in [3.05, 3.63) is 59.8 Å². The standard InChI is InChI=1S/C25H31N5O3/c1-3-32-15-10-19-5-4-18(2)22(16-19)28-24-27-17-23(33-24)20-6-8-21(9-7-20)30-14-13-29(12-11-26)25(30)31/h4-9,16-17H,3,10-15,26H2,1-2H3,(H,27,28). The van der Waals surface area contributed by atoms with E-state index in [4.69, 9.17) is 14.9 Å². The molecule has 3 N–H and O–H groups in total. The van der Waals surface area contributed by atoms with Crippen molar-refractivity contribution in [2.24, 2.45) is 5.73 Å². The third-order valence-electron chi connectivity index (χ3n) is 5.75. The molecule has 0 bridgehead atoms. The number of anilines is 3. The van der Waals surface area contributed by atoms with Crippen molar-refractivity contribution in [3.8, 4) is 11.3 Å². The van der Waals surface area contributed by atoms with E-state index in [-0.39, 0.29) is 6.03 Å². The first-order chi connectivity index (χ1) is 16.1. The monoisotopic (exact) mass is 449 g/mol. The van der Waals surface area contributed by atoms with E-state index in [0.29, 0.717) is 44.6 Å². The van der Waals surface area contributed by atoms with Gasteiger partial charge in [0.2, 0.25) is 0 Å². The van der Waals surface area contributed by atoms with Gasteiger partial charge in [-0.1, -0.05) is 12.1 Å². The summed E-state index contributed by atoms with van der Waals surface area (Å²) >= 11 is 0. The number of hydrogen-bond donors (Lipinski definition) is 2. The second kappa shape index (κ2) is 10.5. The molecule has 2 heterocycles. The summed E-state index contributed by atoms with van der Waals surface area (Å²) in [4.78, 5) is 20.4. The van der Waals surface area contributed by atoms with E-state index in [1.165, 1.54) is 5.56 Å². The summed E-state index contributed by atoms with van der Waals surface area (Å²) in [5, 5.41) is 3.28. The third-order valence-corrected chi connectivity index (χ3v) is 5.75. The number of nitrogens with two attached hydrogens (primary N) is 1. The summed E-state index contributed by atoms with van der Waals surface area (Å²) in [5.74, 6) is 0.659. The second-order valence-electron chi connectivity index (χ2n) is 8.01. The van der Waals surface area contributed by atoms with E-state index in [1.54, 1.807) is 16.0 Å². The van der Waals surface area contributed by atoms with Crippen molar-refractivity contribution < 1.29 is 13.9 Å². The maximum atomic E-state index is 12.5. The van der Waals surface area contributed by atoms with Crippen LogP contribution in [-0.4, -0.2) is 55.3 Å². The lowest BCUT2D eigenvalue weighted by Crippen LogP contribution is -2.34. The van der Waals surface area contributed by atoms with Gasteiger partial charge in [-0.2, -0.15) is 0 Å². The first kappa shape index (κ1) is 22.8. The number of urea groups is 1. The number of carbonyl (C=O) groups excluding carboxylic acids is 1. The summed E-state index contributed by atoms with van der Waals surface area (Å²) in [6.07, 6.45) is 2.56. The van der Waals surface area contributed by atoms with E-state index in [1.807, 2.05) is 38.1 Å². The summed E-state index contributed by atoms with van der Waals surface area (Å²) in [6, 6.07) is 14.5. The Bertz CT molecular complexity index is 1080. The number of benzene rings is 2. The van der Waals surface area contributed by atoms with Gasteiger partial charge in [0, 0.05) is 49.7 Å². The minimum Gasteiger partial charge on any atom is -0.423 e.